The Balaban J connectivity index is 2.95. The predicted molar refractivity (Wildman–Crippen MR) is 96.7 cm³/mol. The molecule has 1 aromatic carbocycles. The summed E-state index contributed by atoms with van der Waals surface area (Å²) in [6.07, 6.45) is -0.488. The lowest BCUT2D eigenvalue weighted by molar-refractivity contribution is -0.143. The fourth-order valence-electron chi connectivity index (χ4n) is 2.39. The van der Waals surface area contributed by atoms with E-state index in [1.807, 2.05) is 0 Å². The van der Waals surface area contributed by atoms with Crippen molar-refractivity contribution in [1.82, 2.24) is 10.6 Å². The molecule has 1 rings (SSSR count). The second-order valence-electron chi connectivity index (χ2n) is 6.52. The third-order valence-corrected chi connectivity index (χ3v) is 3.88. The zero-order valence-corrected chi connectivity index (χ0v) is 15.2. The Morgan fingerprint density at radius 1 is 1.00 bits per heavy atom. The van der Waals surface area contributed by atoms with Crippen LogP contribution in [-0.2, 0) is 25.6 Å². The minimum Gasteiger partial charge on any atom is -0.481 e. The van der Waals surface area contributed by atoms with Crippen LogP contribution in [-0.4, -0.2) is 52.1 Å². The molecule has 0 heterocycles. The first-order valence-corrected chi connectivity index (χ1v) is 8.46. The number of nitrogens with one attached hydrogen (secondary N) is 2. The molecule has 2 amide bonds. The molecule has 9 heteroatoms. The number of nitrogens with two attached hydrogens (primary N) is 1. The molecule has 0 aromatic heterocycles. The summed E-state index contributed by atoms with van der Waals surface area (Å²) < 4.78 is 0. The molecule has 0 unspecified atom stereocenters. The van der Waals surface area contributed by atoms with Gasteiger partial charge >= 0.3 is 11.9 Å². The van der Waals surface area contributed by atoms with Gasteiger partial charge in [-0.25, -0.2) is 4.79 Å². The van der Waals surface area contributed by atoms with Crippen molar-refractivity contribution in [2.24, 2.45) is 11.7 Å². The first kappa shape index (κ1) is 22.1. The van der Waals surface area contributed by atoms with Gasteiger partial charge in [0.25, 0.3) is 0 Å². The van der Waals surface area contributed by atoms with E-state index in [-0.39, 0.29) is 12.3 Å². The average Bonchev–Trinajstić information content (AvgIpc) is 2.58. The van der Waals surface area contributed by atoms with E-state index in [0.717, 1.165) is 5.56 Å². The highest BCUT2D eigenvalue weighted by Crippen LogP contribution is 2.07. The molecular formula is C18H25N3O6. The Hall–Kier alpha value is -2.94. The maximum absolute atomic E-state index is 12.6. The minimum absolute atomic E-state index is 0.0998. The fourth-order valence-corrected chi connectivity index (χ4v) is 2.39. The van der Waals surface area contributed by atoms with Crippen molar-refractivity contribution in [2.75, 3.05) is 0 Å². The quantitative estimate of drug-likeness (QED) is 0.374. The highest BCUT2D eigenvalue weighted by Gasteiger charge is 2.30. The van der Waals surface area contributed by atoms with E-state index in [1.54, 1.807) is 44.2 Å². The van der Waals surface area contributed by atoms with Crippen molar-refractivity contribution in [3.63, 3.8) is 0 Å². The summed E-state index contributed by atoms with van der Waals surface area (Å²) in [6.45, 7) is 3.29. The standard InChI is InChI=1S/C18H25N3O6/c1-10(2)15(18(26)27)21-17(25)13(8-11-6-4-3-5-7-11)20-16(24)12(19)9-14(22)23/h3-7,10,12-13,15H,8-9,19H2,1-2H3,(H,20,24)(H,21,25)(H,22,23)(H,26,27)/t12-,13-,15-/m0/s1. The summed E-state index contributed by atoms with van der Waals surface area (Å²) in [5, 5.41) is 22.8. The highest BCUT2D eigenvalue weighted by molar-refractivity contribution is 5.93. The van der Waals surface area contributed by atoms with E-state index in [9.17, 15) is 24.3 Å². The number of carboxylic acid groups (broad SMARTS) is 2. The zero-order valence-electron chi connectivity index (χ0n) is 15.2. The molecule has 0 radical (unpaired) electrons. The van der Waals surface area contributed by atoms with E-state index in [4.69, 9.17) is 10.8 Å². The molecule has 0 spiro atoms. The van der Waals surface area contributed by atoms with Gasteiger partial charge in [-0.2, -0.15) is 0 Å². The van der Waals surface area contributed by atoms with E-state index in [0.29, 0.717) is 0 Å². The van der Waals surface area contributed by atoms with Gasteiger partial charge in [0.05, 0.1) is 12.5 Å². The van der Waals surface area contributed by atoms with Crippen LogP contribution in [0.5, 0.6) is 0 Å². The number of hydrogen-bond donors (Lipinski definition) is 5. The number of carbonyl (C=O) groups is 4. The molecule has 0 saturated carbocycles. The van der Waals surface area contributed by atoms with Crippen molar-refractivity contribution in [2.45, 2.75) is 44.8 Å². The molecule has 27 heavy (non-hydrogen) atoms. The van der Waals surface area contributed by atoms with Crippen LogP contribution in [0.15, 0.2) is 30.3 Å². The lowest BCUT2D eigenvalue weighted by atomic mass is 10.0. The summed E-state index contributed by atoms with van der Waals surface area (Å²) in [4.78, 5) is 46.8. The first-order valence-electron chi connectivity index (χ1n) is 8.46. The Bertz CT molecular complexity index is 677. The van der Waals surface area contributed by atoms with Gasteiger partial charge in [0, 0.05) is 6.42 Å². The largest absolute Gasteiger partial charge is 0.481 e. The molecule has 0 aliphatic rings. The van der Waals surface area contributed by atoms with Gasteiger partial charge in [-0.05, 0) is 11.5 Å². The van der Waals surface area contributed by atoms with Crippen LogP contribution >= 0.6 is 0 Å². The SMILES string of the molecule is CC(C)[C@H](NC(=O)[C@H](Cc1ccccc1)NC(=O)[C@@H](N)CC(=O)O)C(=O)O. The summed E-state index contributed by atoms with van der Waals surface area (Å²) >= 11 is 0. The number of carboxylic acids is 2. The molecule has 0 saturated heterocycles. The van der Waals surface area contributed by atoms with Crippen molar-refractivity contribution >= 4 is 23.8 Å². The average molecular weight is 379 g/mol. The lowest BCUT2D eigenvalue weighted by Crippen LogP contribution is -2.56. The molecule has 0 bridgehead atoms. The molecule has 9 nitrogen and oxygen atoms in total. The smallest absolute Gasteiger partial charge is 0.326 e. The normalized spacial score (nSPS) is 14.1. The Morgan fingerprint density at radius 2 is 1.59 bits per heavy atom. The Labute approximate surface area is 156 Å². The van der Waals surface area contributed by atoms with Crippen molar-refractivity contribution in [3.05, 3.63) is 35.9 Å². The van der Waals surface area contributed by atoms with Crippen LogP contribution in [0, 0.1) is 5.92 Å². The van der Waals surface area contributed by atoms with Crippen LogP contribution in [0.2, 0.25) is 0 Å². The zero-order chi connectivity index (χ0) is 20.6. The van der Waals surface area contributed by atoms with Crippen LogP contribution < -0.4 is 16.4 Å². The number of aliphatic carboxylic acids is 2. The Morgan fingerprint density at radius 3 is 2.07 bits per heavy atom. The Kier molecular flexibility index (Phi) is 8.40. The molecule has 0 aliphatic carbocycles. The molecule has 3 atom stereocenters. The number of carbonyl (C=O) groups excluding carboxylic acids is 2. The van der Waals surface area contributed by atoms with Crippen LogP contribution in [0.4, 0.5) is 0 Å². The third-order valence-electron chi connectivity index (χ3n) is 3.88. The number of benzene rings is 1. The van der Waals surface area contributed by atoms with Crippen LogP contribution in [0.25, 0.3) is 0 Å². The number of hydrogen-bond acceptors (Lipinski definition) is 5. The van der Waals surface area contributed by atoms with E-state index in [2.05, 4.69) is 10.6 Å². The molecular weight excluding hydrogens is 354 g/mol. The summed E-state index contributed by atoms with van der Waals surface area (Å²) in [5.41, 5.74) is 6.28. The molecule has 0 fully saturated rings. The fraction of sp³-hybridized carbons (Fsp3) is 0.444. The summed E-state index contributed by atoms with van der Waals surface area (Å²) in [5.74, 6) is -4.28. The molecule has 1 aromatic rings. The number of amides is 2. The molecule has 0 aliphatic heterocycles. The van der Waals surface area contributed by atoms with E-state index >= 15 is 0 Å². The number of rotatable bonds is 10. The van der Waals surface area contributed by atoms with Crippen molar-refractivity contribution < 1.29 is 29.4 Å². The molecule has 6 N–H and O–H groups in total. The van der Waals surface area contributed by atoms with Gasteiger partial charge in [0.2, 0.25) is 11.8 Å². The van der Waals surface area contributed by atoms with Gasteiger partial charge in [-0.3, -0.25) is 14.4 Å². The predicted octanol–water partition coefficient (Wildman–Crippen LogP) is -0.259. The van der Waals surface area contributed by atoms with Gasteiger partial charge in [-0.1, -0.05) is 44.2 Å². The highest BCUT2D eigenvalue weighted by atomic mass is 16.4. The minimum atomic E-state index is -1.33. The lowest BCUT2D eigenvalue weighted by Gasteiger charge is -2.24. The second kappa shape index (κ2) is 10.3. The second-order valence-corrected chi connectivity index (χ2v) is 6.52. The maximum Gasteiger partial charge on any atom is 0.326 e. The van der Waals surface area contributed by atoms with Crippen LogP contribution in [0.3, 0.4) is 0 Å². The van der Waals surface area contributed by atoms with Gasteiger partial charge in [-0.15, -0.1) is 0 Å². The summed E-state index contributed by atoms with van der Waals surface area (Å²) in [6, 6.07) is 5.27. The van der Waals surface area contributed by atoms with Crippen LogP contribution in [0.1, 0.15) is 25.8 Å². The monoisotopic (exact) mass is 379 g/mol. The van der Waals surface area contributed by atoms with Gasteiger partial charge in [0.1, 0.15) is 12.1 Å². The van der Waals surface area contributed by atoms with Crippen molar-refractivity contribution in [1.29, 1.82) is 0 Å². The first-order chi connectivity index (χ1) is 12.6. The van der Waals surface area contributed by atoms with E-state index in [1.165, 1.54) is 0 Å². The summed E-state index contributed by atoms with van der Waals surface area (Å²) in [7, 11) is 0. The molecule has 148 valence electrons. The van der Waals surface area contributed by atoms with Gasteiger partial charge in [0.15, 0.2) is 0 Å². The topological polar surface area (TPSA) is 159 Å². The van der Waals surface area contributed by atoms with Gasteiger partial charge < -0.3 is 26.6 Å². The maximum atomic E-state index is 12.6. The van der Waals surface area contributed by atoms with Crippen molar-refractivity contribution in [3.8, 4) is 0 Å². The third kappa shape index (κ3) is 7.45. The van der Waals surface area contributed by atoms with E-state index < -0.39 is 48.3 Å².